The topological polar surface area (TPSA) is 38.0 Å². The molecule has 3 N–H and O–H groups in total. The van der Waals surface area contributed by atoms with E-state index in [-0.39, 0.29) is 5.54 Å². The first kappa shape index (κ1) is 13.2. The highest BCUT2D eigenvalue weighted by molar-refractivity contribution is 5.22. The van der Waals surface area contributed by atoms with Crippen molar-refractivity contribution >= 4 is 0 Å². The molecule has 0 radical (unpaired) electrons. The molecule has 90 valence electrons. The van der Waals surface area contributed by atoms with E-state index in [1.165, 1.54) is 11.1 Å². The van der Waals surface area contributed by atoms with E-state index in [4.69, 9.17) is 5.73 Å². The lowest BCUT2D eigenvalue weighted by molar-refractivity contribution is 0.365. The molecule has 0 aliphatic carbocycles. The highest BCUT2D eigenvalue weighted by Gasteiger charge is 2.14. The predicted molar refractivity (Wildman–Crippen MR) is 70.4 cm³/mol. The van der Waals surface area contributed by atoms with Crippen LogP contribution in [0.4, 0.5) is 0 Å². The van der Waals surface area contributed by atoms with E-state index in [0.717, 1.165) is 25.9 Å². The van der Waals surface area contributed by atoms with Gasteiger partial charge in [-0.3, -0.25) is 0 Å². The summed E-state index contributed by atoms with van der Waals surface area (Å²) in [4.78, 5) is 0. The number of hydrogen-bond donors (Lipinski definition) is 2. The summed E-state index contributed by atoms with van der Waals surface area (Å²) >= 11 is 0. The van der Waals surface area contributed by atoms with Crippen LogP contribution in [0.1, 0.15) is 38.3 Å². The fourth-order valence-corrected chi connectivity index (χ4v) is 1.68. The summed E-state index contributed by atoms with van der Waals surface area (Å²) < 4.78 is 0. The second kappa shape index (κ2) is 6.02. The van der Waals surface area contributed by atoms with E-state index in [1.807, 2.05) is 0 Å². The zero-order valence-electron chi connectivity index (χ0n) is 10.7. The highest BCUT2D eigenvalue weighted by Crippen LogP contribution is 2.10. The van der Waals surface area contributed by atoms with Gasteiger partial charge in [-0.25, -0.2) is 0 Å². The molecule has 0 spiro atoms. The van der Waals surface area contributed by atoms with Crippen molar-refractivity contribution in [1.82, 2.24) is 5.32 Å². The van der Waals surface area contributed by atoms with Crippen LogP contribution in [0.15, 0.2) is 24.3 Å². The maximum absolute atomic E-state index is 5.58. The van der Waals surface area contributed by atoms with Crippen LogP contribution >= 0.6 is 0 Å². The maximum Gasteiger partial charge on any atom is 0.0210 e. The van der Waals surface area contributed by atoms with Gasteiger partial charge < -0.3 is 11.1 Å². The SMILES string of the molecule is CCc1ccc(CNC(C)(C)CCN)cc1. The molecule has 0 fully saturated rings. The lowest BCUT2D eigenvalue weighted by Gasteiger charge is -2.25. The molecule has 0 heterocycles. The van der Waals surface area contributed by atoms with Crippen LogP contribution in [-0.2, 0) is 13.0 Å². The lowest BCUT2D eigenvalue weighted by atomic mass is 10.00. The molecule has 16 heavy (non-hydrogen) atoms. The highest BCUT2D eigenvalue weighted by atomic mass is 15.0. The van der Waals surface area contributed by atoms with Crippen molar-refractivity contribution in [2.24, 2.45) is 5.73 Å². The van der Waals surface area contributed by atoms with Crippen molar-refractivity contribution in [2.45, 2.75) is 45.7 Å². The van der Waals surface area contributed by atoms with Crippen molar-refractivity contribution in [3.8, 4) is 0 Å². The zero-order chi connectivity index (χ0) is 12.0. The fourth-order valence-electron chi connectivity index (χ4n) is 1.68. The van der Waals surface area contributed by atoms with Crippen LogP contribution in [-0.4, -0.2) is 12.1 Å². The average Bonchev–Trinajstić information content (AvgIpc) is 2.27. The van der Waals surface area contributed by atoms with E-state index >= 15 is 0 Å². The maximum atomic E-state index is 5.58. The second-order valence-corrected chi connectivity index (χ2v) is 4.95. The Kier molecular flexibility index (Phi) is 4.97. The van der Waals surface area contributed by atoms with Crippen LogP contribution in [0.2, 0.25) is 0 Å². The summed E-state index contributed by atoms with van der Waals surface area (Å²) in [6.45, 7) is 8.21. The minimum atomic E-state index is 0.123. The lowest BCUT2D eigenvalue weighted by Crippen LogP contribution is -2.40. The number of hydrogen-bond acceptors (Lipinski definition) is 2. The molecule has 1 rings (SSSR count). The summed E-state index contributed by atoms with van der Waals surface area (Å²) in [6.07, 6.45) is 2.10. The number of nitrogens with two attached hydrogens (primary N) is 1. The molecule has 0 saturated heterocycles. The quantitative estimate of drug-likeness (QED) is 0.773. The monoisotopic (exact) mass is 220 g/mol. The number of benzene rings is 1. The van der Waals surface area contributed by atoms with E-state index in [2.05, 4.69) is 50.4 Å². The van der Waals surface area contributed by atoms with E-state index in [1.54, 1.807) is 0 Å². The summed E-state index contributed by atoms with van der Waals surface area (Å²) in [5.74, 6) is 0. The largest absolute Gasteiger partial charge is 0.330 e. The molecule has 0 aliphatic heterocycles. The average molecular weight is 220 g/mol. The van der Waals surface area contributed by atoms with E-state index in [0.29, 0.717) is 0 Å². The van der Waals surface area contributed by atoms with Gasteiger partial charge in [0.15, 0.2) is 0 Å². The number of rotatable bonds is 6. The molecule has 0 amide bonds. The summed E-state index contributed by atoms with van der Waals surface area (Å²) in [5, 5.41) is 3.53. The second-order valence-electron chi connectivity index (χ2n) is 4.95. The molecule has 2 nitrogen and oxygen atoms in total. The van der Waals surface area contributed by atoms with Gasteiger partial charge >= 0.3 is 0 Å². The van der Waals surface area contributed by atoms with Gasteiger partial charge in [0.25, 0.3) is 0 Å². The summed E-state index contributed by atoms with van der Waals surface area (Å²) in [7, 11) is 0. The van der Waals surface area contributed by atoms with Crippen molar-refractivity contribution in [1.29, 1.82) is 0 Å². The molecule has 0 bridgehead atoms. The van der Waals surface area contributed by atoms with E-state index < -0.39 is 0 Å². The Balaban J connectivity index is 2.48. The first-order chi connectivity index (χ1) is 7.57. The van der Waals surface area contributed by atoms with Crippen LogP contribution in [0.5, 0.6) is 0 Å². The third-order valence-corrected chi connectivity index (χ3v) is 2.97. The molecular formula is C14H24N2. The van der Waals surface area contributed by atoms with Gasteiger partial charge in [0.1, 0.15) is 0 Å². The summed E-state index contributed by atoms with van der Waals surface area (Å²) in [5.41, 5.74) is 8.43. The van der Waals surface area contributed by atoms with Crippen molar-refractivity contribution in [3.05, 3.63) is 35.4 Å². The third-order valence-electron chi connectivity index (χ3n) is 2.97. The minimum absolute atomic E-state index is 0.123. The van der Waals surface area contributed by atoms with Crippen molar-refractivity contribution in [3.63, 3.8) is 0 Å². The predicted octanol–water partition coefficient (Wildman–Crippen LogP) is 2.47. The van der Waals surface area contributed by atoms with Crippen LogP contribution in [0, 0.1) is 0 Å². The first-order valence-electron chi connectivity index (χ1n) is 6.10. The molecule has 0 unspecified atom stereocenters. The zero-order valence-corrected chi connectivity index (χ0v) is 10.7. The molecule has 0 aromatic heterocycles. The normalized spacial score (nSPS) is 11.8. The molecule has 2 heteroatoms. The third kappa shape index (κ3) is 4.33. The molecule has 0 saturated carbocycles. The summed E-state index contributed by atoms with van der Waals surface area (Å²) in [6, 6.07) is 8.80. The molecule has 1 aromatic carbocycles. The Hall–Kier alpha value is -0.860. The Morgan fingerprint density at radius 2 is 1.69 bits per heavy atom. The smallest absolute Gasteiger partial charge is 0.0210 e. The van der Waals surface area contributed by atoms with Crippen LogP contribution in [0.25, 0.3) is 0 Å². The van der Waals surface area contributed by atoms with Gasteiger partial charge in [0, 0.05) is 12.1 Å². The Labute approximate surface area is 99.2 Å². The Bertz CT molecular complexity index is 301. The number of nitrogens with one attached hydrogen (secondary N) is 1. The number of aryl methyl sites for hydroxylation is 1. The van der Waals surface area contributed by atoms with Gasteiger partial charge in [0.2, 0.25) is 0 Å². The molecule has 0 atom stereocenters. The first-order valence-corrected chi connectivity index (χ1v) is 6.10. The molecule has 1 aromatic rings. The van der Waals surface area contributed by atoms with Gasteiger partial charge in [-0.2, -0.15) is 0 Å². The Morgan fingerprint density at radius 3 is 2.19 bits per heavy atom. The van der Waals surface area contributed by atoms with Crippen molar-refractivity contribution < 1.29 is 0 Å². The van der Waals surface area contributed by atoms with Gasteiger partial charge in [-0.1, -0.05) is 31.2 Å². The molecular weight excluding hydrogens is 196 g/mol. The van der Waals surface area contributed by atoms with Gasteiger partial charge in [0.05, 0.1) is 0 Å². The minimum Gasteiger partial charge on any atom is -0.330 e. The van der Waals surface area contributed by atoms with Gasteiger partial charge in [-0.15, -0.1) is 0 Å². The van der Waals surface area contributed by atoms with Gasteiger partial charge in [-0.05, 0) is 44.4 Å². The molecule has 0 aliphatic rings. The Morgan fingerprint density at radius 1 is 1.12 bits per heavy atom. The van der Waals surface area contributed by atoms with Crippen LogP contribution < -0.4 is 11.1 Å². The standard InChI is InChI=1S/C14H24N2/c1-4-12-5-7-13(8-6-12)11-16-14(2,3)9-10-15/h5-8,16H,4,9-11,15H2,1-3H3. The van der Waals surface area contributed by atoms with Crippen LogP contribution in [0.3, 0.4) is 0 Å². The fraction of sp³-hybridized carbons (Fsp3) is 0.571. The van der Waals surface area contributed by atoms with Crippen molar-refractivity contribution in [2.75, 3.05) is 6.54 Å². The van der Waals surface area contributed by atoms with E-state index in [9.17, 15) is 0 Å².